The van der Waals surface area contributed by atoms with Gasteiger partial charge in [0.2, 0.25) is 0 Å². The fraction of sp³-hybridized carbons (Fsp3) is 0.381. The zero-order valence-corrected chi connectivity index (χ0v) is 16.6. The molecule has 8 heteroatoms. The van der Waals surface area contributed by atoms with Gasteiger partial charge in [0.05, 0.1) is 25.5 Å². The van der Waals surface area contributed by atoms with Gasteiger partial charge in [0, 0.05) is 30.9 Å². The van der Waals surface area contributed by atoms with Crippen molar-refractivity contribution in [1.29, 1.82) is 0 Å². The maximum atomic E-state index is 10.6. The van der Waals surface area contributed by atoms with Crippen molar-refractivity contribution in [3.8, 4) is 17.1 Å². The van der Waals surface area contributed by atoms with Gasteiger partial charge in [-0.1, -0.05) is 23.8 Å². The summed E-state index contributed by atoms with van der Waals surface area (Å²) < 4.78 is 7.09. The summed E-state index contributed by atoms with van der Waals surface area (Å²) in [6.45, 7) is 5.69. The van der Waals surface area contributed by atoms with E-state index in [1.807, 2.05) is 43.5 Å². The number of aliphatic hydroxyl groups excluding tert-OH is 1. The maximum absolute atomic E-state index is 10.6. The summed E-state index contributed by atoms with van der Waals surface area (Å²) in [5.74, 6) is 1.37. The molecule has 1 aliphatic heterocycles. The van der Waals surface area contributed by atoms with Crippen molar-refractivity contribution in [2.75, 3.05) is 37.8 Å². The summed E-state index contributed by atoms with van der Waals surface area (Å²) in [5.41, 5.74) is 1.46. The van der Waals surface area contributed by atoms with Gasteiger partial charge < -0.3 is 19.8 Å². The van der Waals surface area contributed by atoms with Gasteiger partial charge >= 0.3 is 0 Å². The standard InChI is InChI=1S/C21H25N5O3/c1-15-4-3-5-16(12-15)17-6-7-26(24-17)19-13-18(25-8-10-29-11-9-25)22-20(23-19)21(2,28)14-27/h3-7,12-13,27-28H,8-11,14H2,1-2H3/t21-/m1/s1. The SMILES string of the molecule is Cc1cccc(-c2ccn(-c3cc(N4CCOCC4)nc([C@](C)(O)CO)n3)n2)c1. The van der Waals surface area contributed by atoms with Crippen LogP contribution >= 0.6 is 0 Å². The number of benzene rings is 1. The van der Waals surface area contributed by atoms with Crippen molar-refractivity contribution in [3.05, 3.63) is 54.0 Å². The van der Waals surface area contributed by atoms with Crippen molar-refractivity contribution >= 4 is 5.82 Å². The second kappa shape index (κ2) is 7.90. The molecule has 3 aromatic rings. The van der Waals surface area contributed by atoms with E-state index in [1.54, 1.807) is 4.68 Å². The minimum Gasteiger partial charge on any atom is -0.393 e. The van der Waals surface area contributed by atoms with Crippen LogP contribution in [0.2, 0.25) is 0 Å². The predicted molar refractivity (Wildman–Crippen MR) is 109 cm³/mol. The Morgan fingerprint density at radius 1 is 1.10 bits per heavy atom. The number of nitrogens with zero attached hydrogens (tertiary/aromatic N) is 5. The number of morpholine rings is 1. The number of ether oxygens (including phenoxy) is 1. The molecule has 29 heavy (non-hydrogen) atoms. The van der Waals surface area contributed by atoms with Crippen LogP contribution < -0.4 is 4.90 Å². The normalized spacial score (nSPS) is 16.6. The van der Waals surface area contributed by atoms with Crippen molar-refractivity contribution in [2.45, 2.75) is 19.4 Å². The monoisotopic (exact) mass is 395 g/mol. The van der Waals surface area contributed by atoms with Crippen molar-refractivity contribution in [1.82, 2.24) is 19.7 Å². The lowest BCUT2D eigenvalue weighted by Gasteiger charge is -2.29. The summed E-state index contributed by atoms with van der Waals surface area (Å²) in [5, 5.41) is 24.8. The minimum atomic E-state index is -1.55. The molecule has 1 fully saturated rings. The van der Waals surface area contributed by atoms with Crippen molar-refractivity contribution in [2.24, 2.45) is 0 Å². The summed E-state index contributed by atoms with van der Waals surface area (Å²) in [6.07, 6.45) is 1.83. The Balaban J connectivity index is 1.75. The Morgan fingerprint density at radius 2 is 1.86 bits per heavy atom. The minimum absolute atomic E-state index is 0.159. The molecule has 0 spiro atoms. The third kappa shape index (κ3) is 4.14. The highest BCUT2D eigenvalue weighted by atomic mass is 16.5. The van der Waals surface area contributed by atoms with E-state index in [4.69, 9.17) is 4.74 Å². The highest BCUT2D eigenvalue weighted by Gasteiger charge is 2.28. The molecule has 1 atom stereocenters. The first-order valence-corrected chi connectivity index (χ1v) is 9.65. The second-order valence-corrected chi connectivity index (χ2v) is 7.45. The van der Waals surface area contributed by atoms with Gasteiger partial charge in [0.15, 0.2) is 11.6 Å². The molecule has 0 amide bonds. The zero-order valence-electron chi connectivity index (χ0n) is 16.6. The van der Waals surface area contributed by atoms with Gasteiger partial charge in [0.1, 0.15) is 11.4 Å². The summed E-state index contributed by atoms with van der Waals surface area (Å²) in [6, 6.07) is 11.9. The fourth-order valence-corrected chi connectivity index (χ4v) is 3.22. The molecule has 0 aliphatic carbocycles. The number of hydrogen-bond acceptors (Lipinski definition) is 7. The number of aryl methyl sites for hydroxylation is 1. The van der Waals surface area contributed by atoms with Gasteiger partial charge in [-0.3, -0.25) is 0 Å². The summed E-state index contributed by atoms with van der Waals surface area (Å²) in [4.78, 5) is 11.1. The average Bonchev–Trinajstić information content (AvgIpc) is 3.24. The number of anilines is 1. The Hall–Kier alpha value is -2.81. The number of hydrogen-bond donors (Lipinski definition) is 2. The maximum Gasteiger partial charge on any atom is 0.166 e. The highest BCUT2D eigenvalue weighted by Crippen LogP contribution is 2.24. The largest absolute Gasteiger partial charge is 0.393 e. The Kier molecular flexibility index (Phi) is 5.31. The first-order valence-electron chi connectivity index (χ1n) is 9.65. The second-order valence-electron chi connectivity index (χ2n) is 7.45. The van der Waals surface area contributed by atoms with Crippen molar-refractivity contribution in [3.63, 3.8) is 0 Å². The number of aromatic nitrogens is 4. The van der Waals surface area contributed by atoms with Crippen LogP contribution in [0.15, 0.2) is 42.6 Å². The molecule has 2 aromatic heterocycles. The molecule has 1 saturated heterocycles. The quantitative estimate of drug-likeness (QED) is 0.678. The van der Waals surface area contributed by atoms with Crippen LogP contribution in [0.5, 0.6) is 0 Å². The predicted octanol–water partition coefficient (Wildman–Crippen LogP) is 1.67. The summed E-state index contributed by atoms with van der Waals surface area (Å²) in [7, 11) is 0. The molecular formula is C21H25N5O3. The van der Waals surface area contributed by atoms with E-state index in [0.717, 1.165) is 16.8 Å². The highest BCUT2D eigenvalue weighted by molar-refractivity contribution is 5.60. The van der Waals surface area contributed by atoms with E-state index in [2.05, 4.69) is 26.0 Å². The topological polar surface area (TPSA) is 96.5 Å². The van der Waals surface area contributed by atoms with E-state index in [9.17, 15) is 10.2 Å². The van der Waals surface area contributed by atoms with E-state index >= 15 is 0 Å². The number of rotatable bonds is 5. The van der Waals surface area contributed by atoms with Gasteiger partial charge in [-0.2, -0.15) is 5.10 Å². The van der Waals surface area contributed by atoms with Gasteiger partial charge in [-0.15, -0.1) is 0 Å². The Labute approximate surface area is 169 Å². The van der Waals surface area contributed by atoms with Gasteiger partial charge in [-0.05, 0) is 26.0 Å². The molecule has 2 N–H and O–H groups in total. The summed E-state index contributed by atoms with van der Waals surface area (Å²) >= 11 is 0. The van der Waals surface area contributed by atoms with E-state index < -0.39 is 12.2 Å². The third-order valence-electron chi connectivity index (χ3n) is 4.96. The van der Waals surface area contributed by atoms with E-state index in [1.165, 1.54) is 6.92 Å². The molecule has 0 radical (unpaired) electrons. The Morgan fingerprint density at radius 3 is 2.59 bits per heavy atom. The molecule has 8 nitrogen and oxygen atoms in total. The lowest BCUT2D eigenvalue weighted by molar-refractivity contribution is -0.00969. The smallest absolute Gasteiger partial charge is 0.166 e. The third-order valence-corrected chi connectivity index (χ3v) is 4.96. The van der Waals surface area contributed by atoms with Gasteiger partial charge in [0.25, 0.3) is 0 Å². The molecule has 3 heterocycles. The Bertz CT molecular complexity index is 995. The molecule has 1 aromatic carbocycles. The molecule has 0 saturated carbocycles. The van der Waals surface area contributed by atoms with Crippen LogP contribution in [-0.4, -0.2) is 62.9 Å². The zero-order chi connectivity index (χ0) is 20.4. The number of aliphatic hydroxyl groups is 2. The molecule has 152 valence electrons. The molecule has 0 bridgehead atoms. The average molecular weight is 395 g/mol. The van der Waals surface area contributed by atoms with E-state index in [0.29, 0.717) is 37.9 Å². The van der Waals surface area contributed by atoms with Gasteiger partial charge in [-0.25, -0.2) is 14.6 Å². The first-order chi connectivity index (χ1) is 14.0. The van der Waals surface area contributed by atoms with Crippen LogP contribution in [0.3, 0.4) is 0 Å². The van der Waals surface area contributed by atoms with Crippen LogP contribution in [-0.2, 0) is 10.3 Å². The molecular weight excluding hydrogens is 370 g/mol. The fourth-order valence-electron chi connectivity index (χ4n) is 3.22. The molecule has 4 rings (SSSR count). The van der Waals surface area contributed by atoms with Crippen LogP contribution in [0, 0.1) is 6.92 Å². The van der Waals surface area contributed by atoms with Crippen LogP contribution in [0.4, 0.5) is 5.82 Å². The lowest BCUT2D eigenvalue weighted by Crippen LogP contribution is -2.38. The van der Waals surface area contributed by atoms with Crippen LogP contribution in [0.1, 0.15) is 18.3 Å². The van der Waals surface area contributed by atoms with E-state index in [-0.39, 0.29) is 5.82 Å². The van der Waals surface area contributed by atoms with Crippen LogP contribution in [0.25, 0.3) is 17.1 Å². The molecule has 0 unspecified atom stereocenters. The first kappa shape index (κ1) is 19.5. The van der Waals surface area contributed by atoms with Crippen molar-refractivity contribution < 1.29 is 14.9 Å². The molecule has 1 aliphatic rings. The lowest BCUT2D eigenvalue weighted by atomic mass is 10.1.